The fourth-order valence-corrected chi connectivity index (χ4v) is 3.41. The molecule has 10 heteroatoms. The fraction of sp³-hybridized carbons (Fsp3) is 0.400. The minimum Gasteiger partial charge on any atom is -0.481 e. The van der Waals surface area contributed by atoms with Gasteiger partial charge in [0, 0.05) is 30.9 Å². The first-order chi connectivity index (χ1) is 14.2. The number of nitrogens with one attached hydrogen (secondary N) is 2. The van der Waals surface area contributed by atoms with E-state index in [0.717, 1.165) is 0 Å². The summed E-state index contributed by atoms with van der Waals surface area (Å²) in [5.41, 5.74) is 0.487. The predicted octanol–water partition coefficient (Wildman–Crippen LogP) is 3.99. The Morgan fingerprint density at radius 3 is 2.57 bits per heavy atom. The Bertz CT molecular complexity index is 945. The number of halogens is 1. The van der Waals surface area contributed by atoms with Crippen LogP contribution in [0.15, 0.2) is 30.3 Å². The summed E-state index contributed by atoms with van der Waals surface area (Å²) in [4.78, 5) is 27.9. The maximum absolute atomic E-state index is 14.7. The number of nitrogens with zero attached hydrogens (tertiary/aromatic N) is 3. The van der Waals surface area contributed by atoms with Gasteiger partial charge in [0.25, 0.3) is 0 Å². The molecule has 1 saturated heterocycles. The molecule has 160 valence electrons. The summed E-state index contributed by atoms with van der Waals surface area (Å²) in [6.07, 6.45) is 0.918. The number of hydrogen-bond acceptors (Lipinski definition) is 7. The first-order valence-corrected chi connectivity index (χ1v) is 9.71. The van der Waals surface area contributed by atoms with Gasteiger partial charge in [0.05, 0.1) is 16.5 Å². The van der Waals surface area contributed by atoms with Crippen LogP contribution in [0.1, 0.15) is 26.7 Å². The van der Waals surface area contributed by atoms with E-state index in [-0.39, 0.29) is 17.5 Å². The van der Waals surface area contributed by atoms with Crippen molar-refractivity contribution in [1.82, 2.24) is 4.98 Å². The molecule has 0 spiro atoms. The number of carbonyl (C=O) groups is 1. The van der Waals surface area contributed by atoms with Gasteiger partial charge in [0.2, 0.25) is 5.82 Å². The molecule has 0 atom stereocenters. The lowest BCUT2D eigenvalue weighted by Gasteiger charge is -2.32. The van der Waals surface area contributed by atoms with Crippen LogP contribution in [-0.2, 0) is 4.79 Å². The third-order valence-corrected chi connectivity index (χ3v) is 4.90. The van der Waals surface area contributed by atoms with Gasteiger partial charge in [-0.2, -0.15) is 0 Å². The second kappa shape index (κ2) is 8.93. The third-order valence-electron chi connectivity index (χ3n) is 4.90. The molecule has 9 nitrogen and oxygen atoms in total. The van der Waals surface area contributed by atoms with E-state index < -0.39 is 22.6 Å². The number of aromatic nitrogens is 1. The first kappa shape index (κ1) is 21.3. The topological polar surface area (TPSA) is 121 Å². The number of pyridine rings is 1. The molecule has 0 bridgehead atoms. The number of rotatable bonds is 7. The lowest BCUT2D eigenvalue weighted by Crippen LogP contribution is -2.36. The van der Waals surface area contributed by atoms with Gasteiger partial charge in [-0.05, 0) is 51.0 Å². The quantitative estimate of drug-likeness (QED) is 0.457. The average Bonchev–Trinajstić information content (AvgIpc) is 2.67. The molecule has 2 aromatic rings. The van der Waals surface area contributed by atoms with Crippen LogP contribution in [0.25, 0.3) is 0 Å². The minimum absolute atomic E-state index is 0.0140. The first-order valence-electron chi connectivity index (χ1n) is 9.71. The Morgan fingerprint density at radius 1 is 1.30 bits per heavy atom. The van der Waals surface area contributed by atoms with Gasteiger partial charge in [-0.25, -0.2) is 9.37 Å². The summed E-state index contributed by atoms with van der Waals surface area (Å²) in [7, 11) is 0. The highest BCUT2D eigenvalue weighted by Crippen LogP contribution is 2.31. The molecule has 0 aliphatic carbocycles. The molecule has 1 aromatic heterocycles. The standard InChI is InChI=1S/C20H24FN5O4/c1-12(2)22-18-6-5-17(26(29)30)19(24-18)23-14-3-4-16(15(21)11-14)25-9-7-13(8-10-25)20(27)28/h3-6,11-13H,7-10H2,1-2H3,(H,27,28)(H2,22,23,24). The normalized spacial score (nSPS) is 14.6. The lowest BCUT2D eigenvalue weighted by molar-refractivity contribution is -0.384. The monoisotopic (exact) mass is 417 g/mol. The highest BCUT2D eigenvalue weighted by molar-refractivity contribution is 5.71. The fourth-order valence-electron chi connectivity index (χ4n) is 3.41. The van der Waals surface area contributed by atoms with Crippen LogP contribution >= 0.6 is 0 Å². The van der Waals surface area contributed by atoms with E-state index in [9.17, 15) is 19.3 Å². The van der Waals surface area contributed by atoms with E-state index in [1.807, 2.05) is 18.7 Å². The number of aliphatic carboxylic acids is 1. The molecule has 1 aliphatic rings. The Labute approximate surface area is 173 Å². The van der Waals surface area contributed by atoms with E-state index in [4.69, 9.17) is 5.11 Å². The molecule has 3 N–H and O–H groups in total. The van der Waals surface area contributed by atoms with Crippen molar-refractivity contribution >= 4 is 34.7 Å². The molecule has 3 rings (SSSR count). The van der Waals surface area contributed by atoms with Gasteiger partial charge in [-0.1, -0.05) is 0 Å². The second-order valence-electron chi connectivity index (χ2n) is 7.51. The molecule has 2 heterocycles. The maximum Gasteiger partial charge on any atom is 0.311 e. The summed E-state index contributed by atoms with van der Waals surface area (Å²) >= 11 is 0. The van der Waals surface area contributed by atoms with E-state index in [2.05, 4.69) is 15.6 Å². The number of hydrogen-bond donors (Lipinski definition) is 3. The molecular weight excluding hydrogens is 393 g/mol. The van der Waals surface area contributed by atoms with Crippen molar-refractivity contribution in [1.29, 1.82) is 0 Å². The van der Waals surface area contributed by atoms with E-state index in [0.29, 0.717) is 43.1 Å². The molecule has 0 unspecified atom stereocenters. The van der Waals surface area contributed by atoms with Gasteiger partial charge in [-0.15, -0.1) is 0 Å². The molecule has 0 radical (unpaired) electrons. The van der Waals surface area contributed by atoms with Gasteiger partial charge < -0.3 is 20.6 Å². The third kappa shape index (κ3) is 4.94. The Morgan fingerprint density at radius 2 is 2.00 bits per heavy atom. The number of anilines is 4. The maximum atomic E-state index is 14.7. The summed E-state index contributed by atoms with van der Waals surface area (Å²) in [5.74, 6) is -1.23. The van der Waals surface area contributed by atoms with Crippen LogP contribution in [0.3, 0.4) is 0 Å². The van der Waals surface area contributed by atoms with Crippen molar-refractivity contribution in [2.24, 2.45) is 5.92 Å². The number of nitro groups is 1. The molecule has 0 amide bonds. The summed E-state index contributed by atoms with van der Waals surface area (Å²) in [5, 5.41) is 26.3. The molecule has 1 aliphatic heterocycles. The van der Waals surface area contributed by atoms with Gasteiger partial charge in [0.15, 0.2) is 0 Å². The lowest BCUT2D eigenvalue weighted by atomic mass is 9.96. The van der Waals surface area contributed by atoms with Crippen molar-refractivity contribution in [3.05, 3.63) is 46.3 Å². The van der Waals surface area contributed by atoms with Crippen LogP contribution in [0.4, 0.5) is 33.1 Å². The number of piperidine rings is 1. The van der Waals surface area contributed by atoms with Gasteiger partial charge >= 0.3 is 11.7 Å². The highest BCUT2D eigenvalue weighted by atomic mass is 19.1. The van der Waals surface area contributed by atoms with E-state index in [1.165, 1.54) is 18.2 Å². The summed E-state index contributed by atoms with van der Waals surface area (Å²) in [6.45, 7) is 4.75. The van der Waals surface area contributed by atoms with Crippen LogP contribution in [0.2, 0.25) is 0 Å². The van der Waals surface area contributed by atoms with Crippen LogP contribution < -0.4 is 15.5 Å². The molecule has 1 fully saturated rings. The van der Waals surface area contributed by atoms with Gasteiger partial charge in [-0.3, -0.25) is 14.9 Å². The average molecular weight is 417 g/mol. The number of benzene rings is 1. The molecular formula is C20H24FN5O4. The van der Waals surface area contributed by atoms with Crippen molar-refractivity contribution < 1.29 is 19.2 Å². The Hall–Kier alpha value is -3.43. The van der Waals surface area contributed by atoms with E-state index >= 15 is 0 Å². The molecule has 0 saturated carbocycles. The smallest absolute Gasteiger partial charge is 0.311 e. The van der Waals surface area contributed by atoms with Crippen molar-refractivity contribution in [2.75, 3.05) is 28.6 Å². The SMILES string of the molecule is CC(C)Nc1ccc([N+](=O)[O-])c(Nc2ccc(N3CCC(C(=O)O)CC3)c(F)c2)n1. The van der Waals surface area contributed by atoms with Crippen molar-refractivity contribution in [3.8, 4) is 0 Å². The van der Waals surface area contributed by atoms with Crippen molar-refractivity contribution in [2.45, 2.75) is 32.7 Å². The zero-order valence-electron chi connectivity index (χ0n) is 16.8. The number of carboxylic acid groups (broad SMARTS) is 1. The van der Waals surface area contributed by atoms with Crippen LogP contribution in [-0.4, -0.2) is 40.1 Å². The highest BCUT2D eigenvalue weighted by Gasteiger charge is 2.26. The molecule has 30 heavy (non-hydrogen) atoms. The summed E-state index contributed by atoms with van der Waals surface area (Å²) < 4.78 is 14.7. The van der Waals surface area contributed by atoms with Gasteiger partial charge in [0.1, 0.15) is 11.6 Å². The predicted molar refractivity (Wildman–Crippen MR) is 112 cm³/mol. The molecule has 1 aromatic carbocycles. The van der Waals surface area contributed by atoms with Crippen LogP contribution in [0.5, 0.6) is 0 Å². The minimum atomic E-state index is -0.821. The van der Waals surface area contributed by atoms with Crippen LogP contribution in [0, 0.1) is 21.8 Å². The van der Waals surface area contributed by atoms with E-state index in [1.54, 1.807) is 12.1 Å². The van der Waals surface area contributed by atoms with Crippen molar-refractivity contribution in [3.63, 3.8) is 0 Å². The second-order valence-corrected chi connectivity index (χ2v) is 7.51. The Balaban J connectivity index is 1.79. The largest absolute Gasteiger partial charge is 0.481 e. The number of carboxylic acids is 1. The Kier molecular flexibility index (Phi) is 6.34. The zero-order chi connectivity index (χ0) is 21.8. The summed E-state index contributed by atoms with van der Waals surface area (Å²) in [6, 6.07) is 7.42. The zero-order valence-corrected chi connectivity index (χ0v) is 16.8.